The topological polar surface area (TPSA) is 77.8 Å². The van der Waals surface area contributed by atoms with E-state index in [4.69, 9.17) is 28.8 Å². The molecule has 0 fully saturated rings. The first kappa shape index (κ1) is 29.2. The Hall–Kier alpha value is -7.44. The lowest BCUT2D eigenvalue weighted by Crippen LogP contribution is -1.98. The van der Waals surface area contributed by atoms with Crippen molar-refractivity contribution in [1.29, 1.82) is 0 Å². The lowest BCUT2D eigenvalue weighted by Gasteiger charge is -2.09. The Bertz CT molecular complexity index is 3100. The van der Waals surface area contributed by atoms with Gasteiger partial charge in [0.1, 0.15) is 22.3 Å². The summed E-state index contributed by atoms with van der Waals surface area (Å²) in [6, 6.07) is 54.0. The van der Waals surface area contributed by atoms with Crippen LogP contribution in [-0.2, 0) is 0 Å². The Morgan fingerprint density at radius 2 is 0.704 bits per heavy atom. The third-order valence-electron chi connectivity index (χ3n) is 10.7. The number of fused-ring (bicyclic) bond motifs is 9. The molecule has 11 aromatic rings. The molecule has 7 aromatic carbocycles. The summed E-state index contributed by atoms with van der Waals surface area (Å²) >= 11 is 0. The van der Waals surface area contributed by atoms with Crippen molar-refractivity contribution in [3.63, 3.8) is 0 Å². The number of aromatic nitrogens is 4. The second-order valence-corrected chi connectivity index (χ2v) is 13.8. The van der Waals surface area contributed by atoms with Crippen LogP contribution in [0.5, 0.6) is 0 Å². The summed E-state index contributed by atoms with van der Waals surface area (Å²) in [5, 5.41) is 5.33. The molecule has 4 aromatic heterocycles. The number of hydrogen-bond acceptors (Lipinski definition) is 6. The number of rotatable bonds is 4. The van der Waals surface area contributed by atoms with Gasteiger partial charge in [-0.1, -0.05) is 146 Å². The van der Waals surface area contributed by atoms with E-state index in [2.05, 4.69) is 109 Å². The summed E-state index contributed by atoms with van der Waals surface area (Å²) in [6.45, 7) is 0. The number of para-hydroxylation sites is 4. The van der Waals surface area contributed by atoms with Crippen LogP contribution in [-0.4, -0.2) is 19.9 Å². The molecule has 1 aliphatic rings. The zero-order valence-electron chi connectivity index (χ0n) is 28.6. The van der Waals surface area contributed by atoms with E-state index in [1.54, 1.807) is 0 Å². The molecule has 0 saturated carbocycles. The van der Waals surface area contributed by atoms with Crippen molar-refractivity contribution in [2.45, 2.75) is 0 Å². The summed E-state index contributed by atoms with van der Waals surface area (Å²) in [4.78, 5) is 20.4. The van der Waals surface area contributed by atoms with Crippen molar-refractivity contribution in [2.24, 2.45) is 0 Å². The van der Waals surface area contributed by atoms with E-state index in [1.807, 2.05) is 48.5 Å². The fourth-order valence-electron chi connectivity index (χ4n) is 8.13. The van der Waals surface area contributed by atoms with E-state index in [-0.39, 0.29) is 0 Å². The van der Waals surface area contributed by atoms with Crippen molar-refractivity contribution in [3.05, 3.63) is 158 Å². The van der Waals surface area contributed by atoms with Gasteiger partial charge < -0.3 is 8.83 Å². The molecule has 12 rings (SSSR count). The van der Waals surface area contributed by atoms with Gasteiger partial charge in [0.05, 0.1) is 16.8 Å². The SMILES string of the molecule is c1ccc2c(c1)-c1nc(-c3ccc(-c4cccc5c4oc4ccccc45)cc3)nc3nc(-c4ccc(-c5cccc6c5oc5ccccc56)cc4)nc-2c13. The van der Waals surface area contributed by atoms with Crippen LogP contribution in [0.4, 0.5) is 0 Å². The predicted molar refractivity (Wildman–Crippen MR) is 216 cm³/mol. The molecule has 0 radical (unpaired) electrons. The standard InChI is InChI=1S/C48H26N4O2/c1-2-12-36-35(11-1)42-41-43(36)50-47(30-25-21-28(22-26-30)32-14-8-16-38-34-10-4-6-18-40(34)54-45(32)38)52-48(41)51-46(49-42)29-23-19-27(20-24-29)31-13-7-15-37-33-9-3-5-17-39(33)53-44(31)37/h1-26H. The van der Waals surface area contributed by atoms with E-state index in [0.29, 0.717) is 17.3 Å². The molecule has 6 heteroatoms. The second kappa shape index (κ2) is 11.0. The maximum Gasteiger partial charge on any atom is 0.168 e. The van der Waals surface area contributed by atoms with Crippen LogP contribution < -0.4 is 0 Å². The monoisotopic (exact) mass is 690 g/mol. The van der Waals surface area contributed by atoms with Gasteiger partial charge in [-0.15, -0.1) is 0 Å². The van der Waals surface area contributed by atoms with Crippen LogP contribution in [0.2, 0.25) is 0 Å². The van der Waals surface area contributed by atoms with Gasteiger partial charge in [-0.25, -0.2) is 19.9 Å². The highest BCUT2D eigenvalue weighted by Gasteiger charge is 2.28. The van der Waals surface area contributed by atoms with Gasteiger partial charge in [0.25, 0.3) is 0 Å². The molecule has 0 unspecified atom stereocenters. The lowest BCUT2D eigenvalue weighted by atomic mass is 10.0. The third-order valence-corrected chi connectivity index (χ3v) is 10.7. The third kappa shape index (κ3) is 4.22. The minimum atomic E-state index is 0.618. The number of nitrogens with zero attached hydrogens (tertiary/aromatic N) is 4. The van der Waals surface area contributed by atoms with Crippen molar-refractivity contribution in [3.8, 4) is 67.5 Å². The van der Waals surface area contributed by atoms with Gasteiger partial charge in [0.15, 0.2) is 17.3 Å². The Kier molecular flexibility index (Phi) is 5.96. The fraction of sp³-hybridized carbons (Fsp3) is 0. The molecule has 0 spiro atoms. The van der Waals surface area contributed by atoms with Gasteiger partial charge in [0, 0.05) is 54.9 Å². The first-order valence-corrected chi connectivity index (χ1v) is 18.0. The molecular weight excluding hydrogens is 665 g/mol. The summed E-state index contributed by atoms with van der Waals surface area (Å²) in [5.74, 6) is 1.24. The van der Waals surface area contributed by atoms with Crippen molar-refractivity contribution in [1.82, 2.24) is 19.9 Å². The quantitative estimate of drug-likeness (QED) is 0.183. The predicted octanol–water partition coefficient (Wildman–Crippen LogP) is 12.5. The van der Waals surface area contributed by atoms with Gasteiger partial charge in [-0.3, -0.25) is 0 Å². The smallest absolute Gasteiger partial charge is 0.168 e. The summed E-state index contributed by atoms with van der Waals surface area (Å²) in [6.07, 6.45) is 0. The van der Waals surface area contributed by atoms with Crippen LogP contribution in [0, 0.1) is 0 Å². The molecule has 0 N–H and O–H groups in total. The van der Waals surface area contributed by atoms with E-state index >= 15 is 0 Å². The highest BCUT2D eigenvalue weighted by Crippen LogP contribution is 2.46. The van der Waals surface area contributed by atoms with Crippen LogP contribution in [0.25, 0.3) is 122 Å². The van der Waals surface area contributed by atoms with Crippen LogP contribution in [0.1, 0.15) is 0 Å². The van der Waals surface area contributed by atoms with Gasteiger partial charge in [-0.2, -0.15) is 0 Å². The fourth-order valence-corrected chi connectivity index (χ4v) is 8.13. The molecule has 250 valence electrons. The van der Waals surface area contributed by atoms with Gasteiger partial charge in [0.2, 0.25) is 0 Å². The summed E-state index contributed by atoms with van der Waals surface area (Å²) in [7, 11) is 0. The summed E-state index contributed by atoms with van der Waals surface area (Å²) in [5.41, 5.74) is 14.0. The van der Waals surface area contributed by atoms with Crippen LogP contribution in [0.15, 0.2) is 167 Å². The molecule has 0 bridgehead atoms. The first-order chi connectivity index (χ1) is 26.7. The molecule has 0 amide bonds. The van der Waals surface area contributed by atoms with Gasteiger partial charge in [-0.05, 0) is 23.3 Å². The van der Waals surface area contributed by atoms with Crippen molar-refractivity contribution < 1.29 is 8.83 Å². The largest absolute Gasteiger partial charge is 0.455 e. The Morgan fingerprint density at radius 3 is 1.19 bits per heavy atom. The Morgan fingerprint density at radius 1 is 0.315 bits per heavy atom. The maximum atomic E-state index is 6.33. The normalized spacial score (nSPS) is 12.1. The zero-order valence-corrected chi connectivity index (χ0v) is 28.6. The molecule has 0 aliphatic heterocycles. The Labute approximate surface area is 308 Å². The lowest BCUT2D eigenvalue weighted by molar-refractivity contribution is 0.669. The van der Waals surface area contributed by atoms with Gasteiger partial charge >= 0.3 is 0 Å². The molecule has 0 saturated heterocycles. The maximum absolute atomic E-state index is 6.33. The first-order valence-electron chi connectivity index (χ1n) is 18.0. The number of benzene rings is 7. The van der Waals surface area contributed by atoms with Crippen molar-refractivity contribution >= 4 is 54.9 Å². The molecule has 0 atom stereocenters. The van der Waals surface area contributed by atoms with E-state index in [0.717, 1.165) is 105 Å². The minimum Gasteiger partial charge on any atom is -0.455 e. The average molecular weight is 691 g/mol. The van der Waals surface area contributed by atoms with E-state index in [9.17, 15) is 0 Å². The van der Waals surface area contributed by atoms with E-state index in [1.165, 1.54) is 0 Å². The number of furan rings is 2. The molecule has 1 aliphatic carbocycles. The minimum absolute atomic E-state index is 0.618. The average Bonchev–Trinajstić information content (AvgIpc) is 3.91. The van der Waals surface area contributed by atoms with Crippen LogP contribution in [0.3, 0.4) is 0 Å². The summed E-state index contributed by atoms with van der Waals surface area (Å²) < 4.78 is 12.7. The highest BCUT2D eigenvalue weighted by atomic mass is 16.3. The van der Waals surface area contributed by atoms with Crippen LogP contribution >= 0.6 is 0 Å². The Balaban J connectivity index is 0.956. The molecule has 6 nitrogen and oxygen atoms in total. The van der Waals surface area contributed by atoms with Crippen molar-refractivity contribution in [2.75, 3.05) is 0 Å². The molecular formula is C48H26N4O2. The molecule has 54 heavy (non-hydrogen) atoms. The number of hydrogen-bond donors (Lipinski definition) is 0. The second-order valence-electron chi connectivity index (χ2n) is 13.8. The highest BCUT2D eigenvalue weighted by molar-refractivity contribution is 6.12. The van der Waals surface area contributed by atoms with E-state index < -0.39 is 0 Å². The molecule has 4 heterocycles. The zero-order chi connectivity index (χ0) is 35.3.